The highest BCUT2D eigenvalue weighted by molar-refractivity contribution is 5.79. The molecular weight excluding hydrogens is 284 g/mol. The zero-order valence-corrected chi connectivity index (χ0v) is 12.6. The number of hydrogen-bond donors (Lipinski definition) is 1. The van der Waals surface area contributed by atoms with Crippen LogP contribution in [0.2, 0.25) is 0 Å². The molecule has 2 heterocycles. The summed E-state index contributed by atoms with van der Waals surface area (Å²) < 4.78 is 5.50. The van der Waals surface area contributed by atoms with Gasteiger partial charge < -0.3 is 19.6 Å². The predicted octanol–water partition coefficient (Wildman–Crippen LogP) is 1.38. The Balaban J connectivity index is 1.67. The monoisotopic (exact) mass is 304 g/mol. The molecule has 2 fully saturated rings. The SMILES string of the molecule is CN1C[C@]2(CCCN(C(=O)Cc3cccc(O)c3)C2)OC1=O. The summed E-state index contributed by atoms with van der Waals surface area (Å²) >= 11 is 0. The van der Waals surface area contributed by atoms with Crippen LogP contribution in [0.15, 0.2) is 24.3 Å². The number of carbonyl (C=O) groups is 2. The van der Waals surface area contributed by atoms with Gasteiger partial charge in [-0.05, 0) is 30.5 Å². The molecule has 6 heteroatoms. The number of piperidine rings is 1. The number of amides is 2. The van der Waals surface area contributed by atoms with Gasteiger partial charge in [-0.25, -0.2) is 4.79 Å². The minimum Gasteiger partial charge on any atom is -0.508 e. The maximum Gasteiger partial charge on any atom is 0.410 e. The third kappa shape index (κ3) is 2.86. The van der Waals surface area contributed by atoms with Gasteiger partial charge in [0.25, 0.3) is 0 Å². The molecule has 0 aliphatic carbocycles. The van der Waals surface area contributed by atoms with Crippen molar-refractivity contribution >= 4 is 12.0 Å². The second kappa shape index (κ2) is 5.51. The number of nitrogens with zero attached hydrogens (tertiary/aromatic N) is 2. The lowest BCUT2D eigenvalue weighted by atomic mass is 9.92. The molecule has 0 aromatic heterocycles. The Hall–Kier alpha value is -2.24. The second-order valence-corrected chi connectivity index (χ2v) is 6.17. The van der Waals surface area contributed by atoms with E-state index < -0.39 is 5.60 Å². The Kier molecular flexibility index (Phi) is 3.68. The number of ether oxygens (including phenoxy) is 1. The van der Waals surface area contributed by atoms with Gasteiger partial charge in [0.15, 0.2) is 0 Å². The maximum absolute atomic E-state index is 12.5. The molecule has 22 heavy (non-hydrogen) atoms. The number of phenols is 1. The Labute approximate surface area is 129 Å². The molecule has 1 spiro atoms. The quantitative estimate of drug-likeness (QED) is 0.896. The van der Waals surface area contributed by atoms with Gasteiger partial charge in [-0.3, -0.25) is 4.79 Å². The minimum atomic E-state index is -0.557. The fourth-order valence-corrected chi connectivity index (χ4v) is 3.27. The third-order valence-electron chi connectivity index (χ3n) is 4.30. The van der Waals surface area contributed by atoms with E-state index in [9.17, 15) is 14.7 Å². The van der Waals surface area contributed by atoms with E-state index in [4.69, 9.17) is 4.74 Å². The average molecular weight is 304 g/mol. The molecule has 118 valence electrons. The van der Waals surface area contributed by atoms with Crippen LogP contribution in [0, 0.1) is 0 Å². The van der Waals surface area contributed by atoms with Crippen molar-refractivity contribution in [2.24, 2.45) is 0 Å². The number of hydrogen-bond acceptors (Lipinski definition) is 4. The van der Waals surface area contributed by atoms with Gasteiger partial charge in [0.05, 0.1) is 19.5 Å². The van der Waals surface area contributed by atoms with Crippen molar-refractivity contribution in [1.29, 1.82) is 0 Å². The third-order valence-corrected chi connectivity index (χ3v) is 4.30. The molecule has 2 amide bonds. The van der Waals surface area contributed by atoms with E-state index >= 15 is 0 Å². The number of likely N-dealkylation sites (N-methyl/N-ethyl adjacent to an activating group) is 1. The second-order valence-electron chi connectivity index (χ2n) is 6.17. The molecule has 1 atom stereocenters. The van der Waals surface area contributed by atoms with Crippen LogP contribution in [0.1, 0.15) is 18.4 Å². The molecule has 3 rings (SSSR count). The molecule has 0 unspecified atom stereocenters. The number of benzene rings is 1. The fraction of sp³-hybridized carbons (Fsp3) is 0.500. The van der Waals surface area contributed by atoms with Crippen LogP contribution in [0.4, 0.5) is 4.79 Å². The van der Waals surface area contributed by atoms with Crippen LogP contribution in [0.5, 0.6) is 5.75 Å². The Morgan fingerprint density at radius 2 is 2.23 bits per heavy atom. The summed E-state index contributed by atoms with van der Waals surface area (Å²) in [6.45, 7) is 1.66. The van der Waals surface area contributed by atoms with Gasteiger partial charge in [-0.2, -0.15) is 0 Å². The lowest BCUT2D eigenvalue weighted by Crippen LogP contribution is -2.52. The van der Waals surface area contributed by atoms with Crippen LogP contribution in [0.3, 0.4) is 0 Å². The fourth-order valence-electron chi connectivity index (χ4n) is 3.27. The van der Waals surface area contributed by atoms with Gasteiger partial charge >= 0.3 is 6.09 Å². The Bertz CT molecular complexity index is 604. The van der Waals surface area contributed by atoms with E-state index in [0.717, 1.165) is 18.4 Å². The average Bonchev–Trinajstić information content (AvgIpc) is 2.73. The topological polar surface area (TPSA) is 70.1 Å². The number of carbonyl (C=O) groups excluding carboxylic acids is 2. The summed E-state index contributed by atoms with van der Waals surface area (Å²) in [4.78, 5) is 27.4. The van der Waals surface area contributed by atoms with E-state index in [1.807, 2.05) is 6.07 Å². The summed E-state index contributed by atoms with van der Waals surface area (Å²) in [7, 11) is 1.71. The lowest BCUT2D eigenvalue weighted by molar-refractivity contribution is -0.136. The zero-order valence-electron chi connectivity index (χ0n) is 12.6. The van der Waals surface area contributed by atoms with E-state index in [2.05, 4.69) is 0 Å². The predicted molar refractivity (Wildman–Crippen MR) is 79.5 cm³/mol. The number of rotatable bonds is 2. The van der Waals surface area contributed by atoms with Crippen molar-refractivity contribution in [3.05, 3.63) is 29.8 Å². The molecule has 0 radical (unpaired) electrons. The molecule has 6 nitrogen and oxygen atoms in total. The summed E-state index contributed by atoms with van der Waals surface area (Å²) in [5, 5.41) is 9.47. The van der Waals surface area contributed by atoms with Crippen molar-refractivity contribution in [2.45, 2.75) is 24.9 Å². The highest BCUT2D eigenvalue weighted by atomic mass is 16.6. The first-order valence-corrected chi connectivity index (χ1v) is 7.47. The minimum absolute atomic E-state index is 0.00437. The van der Waals surface area contributed by atoms with Gasteiger partial charge in [-0.1, -0.05) is 12.1 Å². The molecular formula is C16H20N2O4. The van der Waals surface area contributed by atoms with E-state index in [0.29, 0.717) is 19.6 Å². The van der Waals surface area contributed by atoms with Crippen LogP contribution in [-0.4, -0.2) is 59.2 Å². The summed E-state index contributed by atoms with van der Waals surface area (Å²) in [6.07, 6.45) is 1.54. The number of aromatic hydroxyl groups is 1. The molecule has 0 bridgehead atoms. The standard InChI is InChI=1S/C16H20N2O4/c1-17-10-16(22-15(17)21)6-3-7-18(11-16)14(20)9-12-4-2-5-13(19)8-12/h2,4-5,8,19H,3,6-7,9-11H2,1H3/t16-/m0/s1. The highest BCUT2D eigenvalue weighted by Gasteiger charge is 2.47. The van der Waals surface area contributed by atoms with Crippen LogP contribution >= 0.6 is 0 Å². The molecule has 0 saturated carbocycles. The Morgan fingerprint density at radius 1 is 1.41 bits per heavy atom. The first-order chi connectivity index (χ1) is 10.5. The smallest absolute Gasteiger partial charge is 0.410 e. The number of phenolic OH excluding ortho intramolecular Hbond substituents is 1. The van der Waals surface area contributed by atoms with Crippen molar-refractivity contribution in [3.8, 4) is 5.75 Å². The summed E-state index contributed by atoms with van der Waals surface area (Å²) in [5.41, 5.74) is 0.226. The summed E-state index contributed by atoms with van der Waals surface area (Å²) in [6, 6.07) is 6.72. The maximum atomic E-state index is 12.5. The van der Waals surface area contributed by atoms with Crippen molar-refractivity contribution < 1.29 is 19.4 Å². The molecule has 2 saturated heterocycles. The Morgan fingerprint density at radius 3 is 2.91 bits per heavy atom. The first-order valence-electron chi connectivity index (χ1n) is 7.47. The first kappa shape index (κ1) is 14.7. The molecule has 2 aliphatic heterocycles. The summed E-state index contributed by atoms with van der Waals surface area (Å²) in [5.74, 6) is 0.155. The molecule has 2 aliphatic rings. The van der Waals surface area contributed by atoms with Crippen molar-refractivity contribution in [1.82, 2.24) is 9.80 Å². The van der Waals surface area contributed by atoms with Gasteiger partial charge in [0, 0.05) is 13.6 Å². The molecule has 1 aromatic carbocycles. The van der Waals surface area contributed by atoms with Crippen molar-refractivity contribution in [2.75, 3.05) is 26.7 Å². The number of likely N-dealkylation sites (tertiary alicyclic amines) is 1. The van der Waals surface area contributed by atoms with E-state index in [1.165, 1.54) is 0 Å². The van der Waals surface area contributed by atoms with Gasteiger partial charge in [0.2, 0.25) is 5.91 Å². The van der Waals surface area contributed by atoms with E-state index in [-0.39, 0.29) is 24.2 Å². The molecule has 1 N–H and O–H groups in total. The van der Waals surface area contributed by atoms with Crippen LogP contribution in [0.25, 0.3) is 0 Å². The normalized spacial score (nSPS) is 24.7. The lowest BCUT2D eigenvalue weighted by Gasteiger charge is -2.38. The molecule has 1 aromatic rings. The largest absolute Gasteiger partial charge is 0.508 e. The van der Waals surface area contributed by atoms with Crippen molar-refractivity contribution in [3.63, 3.8) is 0 Å². The van der Waals surface area contributed by atoms with Gasteiger partial charge in [-0.15, -0.1) is 0 Å². The van der Waals surface area contributed by atoms with E-state index in [1.54, 1.807) is 35.0 Å². The van der Waals surface area contributed by atoms with Gasteiger partial charge in [0.1, 0.15) is 11.4 Å². The zero-order chi connectivity index (χ0) is 15.7. The van der Waals surface area contributed by atoms with Crippen LogP contribution in [-0.2, 0) is 16.0 Å². The van der Waals surface area contributed by atoms with Crippen LogP contribution < -0.4 is 0 Å². The highest BCUT2D eigenvalue weighted by Crippen LogP contribution is 2.31.